The second kappa shape index (κ2) is 8.26. The predicted octanol–water partition coefficient (Wildman–Crippen LogP) is 2.32. The van der Waals surface area contributed by atoms with E-state index in [1.807, 2.05) is 23.1 Å². The molecule has 1 aliphatic carbocycles. The number of para-hydroxylation sites is 1. The maximum atomic E-state index is 12.8. The molecule has 7 nitrogen and oxygen atoms in total. The first kappa shape index (κ1) is 19.9. The molecule has 1 saturated carbocycles. The van der Waals surface area contributed by atoms with E-state index >= 15 is 0 Å². The number of aryl methyl sites for hydroxylation is 1. The fourth-order valence-electron chi connectivity index (χ4n) is 4.33. The molecule has 2 amide bonds. The minimum atomic E-state index is -0.126. The van der Waals surface area contributed by atoms with E-state index in [4.69, 9.17) is 0 Å². The fraction of sp³-hybridized carbons (Fsp3) is 0.391. The van der Waals surface area contributed by atoms with Gasteiger partial charge in [0.15, 0.2) is 0 Å². The normalized spacial score (nSPS) is 20.8. The van der Waals surface area contributed by atoms with E-state index in [-0.39, 0.29) is 29.7 Å². The van der Waals surface area contributed by atoms with Crippen molar-refractivity contribution in [2.45, 2.75) is 25.3 Å². The number of thiophene rings is 1. The second-order valence-electron chi connectivity index (χ2n) is 8.18. The molecule has 0 N–H and O–H groups in total. The van der Waals surface area contributed by atoms with Crippen molar-refractivity contribution in [3.8, 4) is 0 Å². The van der Waals surface area contributed by atoms with Gasteiger partial charge >= 0.3 is 0 Å². The van der Waals surface area contributed by atoms with E-state index in [0.29, 0.717) is 49.5 Å². The standard InChI is InChI=1S/C23H24N4O3S/c28-21(7-8-27-15-24-19-5-2-1-4-16(19)22(27)29)25-9-11-26(12-10-25)23(30)18-14-17(18)20-6-3-13-31-20/h1-6,13,15,17-18H,7-12,14H2/t17-,18+/m0/s1. The first-order valence-electron chi connectivity index (χ1n) is 10.7. The zero-order chi connectivity index (χ0) is 21.4. The van der Waals surface area contributed by atoms with Gasteiger partial charge in [0, 0.05) is 55.9 Å². The highest BCUT2D eigenvalue weighted by Crippen LogP contribution is 2.50. The number of aromatic nitrogens is 2. The molecule has 8 heteroatoms. The molecule has 160 valence electrons. The molecule has 5 rings (SSSR count). The summed E-state index contributed by atoms with van der Waals surface area (Å²) in [6.07, 6.45) is 2.69. The number of amides is 2. The molecule has 1 aromatic carbocycles. The van der Waals surface area contributed by atoms with Crippen LogP contribution in [0.5, 0.6) is 0 Å². The number of nitrogens with zero attached hydrogens (tertiary/aromatic N) is 4. The highest BCUT2D eigenvalue weighted by atomic mass is 32.1. The fourth-order valence-corrected chi connectivity index (χ4v) is 5.24. The molecule has 2 fully saturated rings. The van der Waals surface area contributed by atoms with Crippen LogP contribution in [0.15, 0.2) is 52.9 Å². The molecule has 2 aromatic heterocycles. The maximum Gasteiger partial charge on any atom is 0.261 e. The van der Waals surface area contributed by atoms with Gasteiger partial charge in [0.25, 0.3) is 5.56 Å². The summed E-state index contributed by atoms with van der Waals surface area (Å²) < 4.78 is 1.50. The summed E-state index contributed by atoms with van der Waals surface area (Å²) in [5.74, 6) is 0.712. The van der Waals surface area contributed by atoms with E-state index < -0.39 is 0 Å². The Balaban J connectivity index is 1.13. The summed E-state index contributed by atoms with van der Waals surface area (Å²) in [5, 5.41) is 2.62. The Morgan fingerprint density at radius 3 is 2.58 bits per heavy atom. The van der Waals surface area contributed by atoms with Crippen molar-refractivity contribution in [1.29, 1.82) is 0 Å². The number of rotatable bonds is 5. The molecule has 2 atom stereocenters. The highest BCUT2D eigenvalue weighted by molar-refractivity contribution is 7.10. The lowest BCUT2D eigenvalue weighted by molar-refractivity contribution is -0.140. The van der Waals surface area contributed by atoms with Gasteiger partial charge in [0.1, 0.15) is 0 Å². The SMILES string of the molecule is O=C(CCn1cnc2ccccc2c1=O)N1CCN(C(=O)[C@@H]2C[C@@H]2c2cccs2)CC1. The van der Waals surface area contributed by atoms with Gasteiger partial charge < -0.3 is 9.80 Å². The van der Waals surface area contributed by atoms with Crippen LogP contribution >= 0.6 is 11.3 Å². The quantitative estimate of drug-likeness (QED) is 0.615. The Bertz CT molecular complexity index is 1170. The van der Waals surface area contributed by atoms with Crippen molar-refractivity contribution in [2.75, 3.05) is 26.2 Å². The number of hydrogen-bond acceptors (Lipinski definition) is 5. The van der Waals surface area contributed by atoms with Crippen LogP contribution in [0.2, 0.25) is 0 Å². The zero-order valence-electron chi connectivity index (χ0n) is 17.1. The largest absolute Gasteiger partial charge is 0.339 e. The molecular formula is C23H24N4O3S. The molecular weight excluding hydrogens is 412 g/mol. The van der Waals surface area contributed by atoms with E-state index in [0.717, 1.165) is 6.42 Å². The lowest BCUT2D eigenvalue weighted by Crippen LogP contribution is -2.51. The number of carbonyl (C=O) groups is 2. The third-order valence-electron chi connectivity index (χ3n) is 6.26. The van der Waals surface area contributed by atoms with Crippen LogP contribution in [-0.2, 0) is 16.1 Å². The predicted molar refractivity (Wildman–Crippen MR) is 119 cm³/mol. The number of benzene rings is 1. The van der Waals surface area contributed by atoms with Gasteiger partial charge in [-0.05, 0) is 30.0 Å². The molecule has 0 unspecified atom stereocenters. The van der Waals surface area contributed by atoms with Gasteiger partial charge in [-0.15, -0.1) is 11.3 Å². The van der Waals surface area contributed by atoms with Gasteiger partial charge in [-0.2, -0.15) is 0 Å². The van der Waals surface area contributed by atoms with Crippen LogP contribution in [0.1, 0.15) is 23.6 Å². The summed E-state index contributed by atoms with van der Waals surface area (Å²) in [6, 6.07) is 11.4. The first-order chi connectivity index (χ1) is 15.1. The summed E-state index contributed by atoms with van der Waals surface area (Å²) >= 11 is 1.72. The van der Waals surface area contributed by atoms with Crippen molar-refractivity contribution in [1.82, 2.24) is 19.4 Å². The number of piperazine rings is 1. The van der Waals surface area contributed by atoms with E-state index in [9.17, 15) is 14.4 Å². The highest BCUT2D eigenvalue weighted by Gasteiger charge is 2.46. The Morgan fingerprint density at radius 1 is 1.03 bits per heavy atom. The molecule has 1 saturated heterocycles. The van der Waals surface area contributed by atoms with Crippen LogP contribution < -0.4 is 5.56 Å². The Kier molecular flexibility index (Phi) is 5.31. The van der Waals surface area contributed by atoms with Gasteiger partial charge in [0.2, 0.25) is 11.8 Å². The van der Waals surface area contributed by atoms with Crippen LogP contribution in [0.4, 0.5) is 0 Å². The molecule has 3 heterocycles. The number of carbonyl (C=O) groups excluding carboxylic acids is 2. The van der Waals surface area contributed by atoms with E-state index in [1.165, 1.54) is 15.8 Å². The maximum absolute atomic E-state index is 12.8. The Morgan fingerprint density at radius 2 is 1.81 bits per heavy atom. The lowest BCUT2D eigenvalue weighted by Gasteiger charge is -2.35. The molecule has 2 aliphatic rings. The third-order valence-corrected chi connectivity index (χ3v) is 7.26. The third kappa shape index (κ3) is 3.99. The number of fused-ring (bicyclic) bond motifs is 1. The lowest BCUT2D eigenvalue weighted by atomic mass is 10.2. The molecule has 0 spiro atoms. The Hall–Kier alpha value is -3.00. The summed E-state index contributed by atoms with van der Waals surface area (Å²) in [4.78, 5) is 47.3. The first-order valence-corrected chi connectivity index (χ1v) is 11.5. The van der Waals surface area contributed by atoms with Gasteiger partial charge in [-0.25, -0.2) is 4.98 Å². The molecule has 1 aliphatic heterocycles. The minimum absolute atomic E-state index is 0.00930. The Labute approximate surface area is 183 Å². The van der Waals surface area contributed by atoms with Crippen LogP contribution in [0.3, 0.4) is 0 Å². The van der Waals surface area contributed by atoms with Crippen LogP contribution in [0.25, 0.3) is 10.9 Å². The van der Waals surface area contributed by atoms with Crippen molar-refractivity contribution in [3.63, 3.8) is 0 Å². The van der Waals surface area contributed by atoms with Crippen molar-refractivity contribution >= 4 is 34.1 Å². The van der Waals surface area contributed by atoms with Gasteiger partial charge in [-0.1, -0.05) is 18.2 Å². The van der Waals surface area contributed by atoms with Crippen molar-refractivity contribution in [2.24, 2.45) is 5.92 Å². The molecule has 3 aromatic rings. The number of hydrogen-bond donors (Lipinski definition) is 0. The monoisotopic (exact) mass is 436 g/mol. The van der Waals surface area contributed by atoms with Gasteiger partial charge in [0.05, 0.1) is 17.2 Å². The smallest absolute Gasteiger partial charge is 0.261 e. The topological polar surface area (TPSA) is 75.5 Å². The average molecular weight is 437 g/mol. The minimum Gasteiger partial charge on any atom is -0.339 e. The molecule has 31 heavy (non-hydrogen) atoms. The van der Waals surface area contributed by atoms with E-state index in [2.05, 4.69) is 16.4 Å². The van der Waals surface area contributed by atoms with Crippen LogP contribution in [0, 0.1) is 5.92 Å². The van der Waals surface area contributed by atoms with E-state index in [1.54, 1.807) is 28.4 Å². The molecule has 0 bridgehead atoms. The average Bonchev–Trinajstić information content (AvgIpc) is 3.42. The summed E-state index contributed by atoms with van der Waals surface area (Å²) in [5.41, 5.74) is 0.534. The zero-order valence-corrected chi connectivity index (χ0v) is 18.0. The second-order valence-corrected chi connectivity index (χ2v) is 9.16. The molecule has 0 radical (unpaired) electrons. The van der Waals surface area contributed by atoms with Crippen molar-refractivity contribution in [3.05, 3.63) is 63.3 Å². The summed E-state index contributed by atoms with van der Waals surface area (Å²) in [7, 11) is 0. The van der Waals surface area contributed by atoms with Gasteiger partial charge in [-0.3, -0.25) is 19.0 Å². The van der Waals surface area contributed by atoms with Crippen molar-refractivity contribution < 1.29 is 9.59 Å². The summed E-state index contributed by atoms with van der Waals surface area (Å²) in [6.45, 7) is 2.56. The van der Waals surface area contributed by atoms with Crippen LogP contribution in [-0.4, -0.2) is 57.3 Å².